The molecule has 2 atom stereocenters. The minimum atomic E-state index is -0.120. The average molecular weight is 207 g/mol. The monoisotopic (exact) mass is 207 g/mol. The maximum Gasteiger partial charge on any atom is 0.129 e. The van der Waals surface area contributed by atoms with Crippen LogP contribution in [0.25, 0.3) is 0 Å². The number of halogens is 1. The number of ether oxygens (including phenoxy) is 1. The second-order valence-electron chi connectivity index (χ2n) is 4.20. The first kappa shape index (κ1) is 9.31. The van der Waals surface area contributed by atoms with Gasteiger partial charge in [0, 0.05) is 11.6 Å². The molecule has 0 amide bonds. The van der Waals surface area contributed by atoms with Gasteiger partial charge in [-0.1, -0.05) is 12.1 Å². The topological polar surface area (TPSA) is 21.3 Å². The second-order valence-corrected chi connectivity index (χ2v) is 4.20. The van der Waals surface area contributed by atoms with Crippen molar-refractivity contribution in [3.8, 4) is 0 Å². The maximum atomic E-state index is 13.7. The van der Waals surface area contributed by atoms with Gasteiger partial charge in [-0.15, -0.1) is 0 Å². The Morgan fingerprint density at radius 3 is 3.00 bits per heavy atom. The second kappa shape index (κ2) is 3.58. The quantitative estimate of drug-likeness (QED) is 0.758. The van der Waals surface area contributed by atoms with Crippen molar-refractivity contribution in [3.05, 3.63) is 35.1 Å². The highest BCUT2D eigenvalue weighted by molar-refractivity contribution is 5.33. The highest BCUT2D eigenvalue weighted by Crippen LogP contribution is 2.34. The average Bonchev–Trinajstić information content (AvgIpc) is 2.15. The number of fused-ring (bicyclic) bond motifs is 1. The molecule has 1 saturated heterocycles. The largest absolute Gasteiger partial charge is 0.371 e. The van der Waals surface area contributed by atoms with Crippen molar-refractivity contribution in [3.63, 3.8) is 0 Å². The van der Waals surface area contributed by atoms with Crippen LogP contribution in [-0.2, 0) is 11.2 Å². The lowest BCUT2D eigenvalue weighted by atomic mass is 9.88. The molecule has 0 saturated carbocycles. The minimum absolute atomic E-state index is 0.0799. The van der Waals surface area contributed by atoms with Gasteiger partial charge in [0.2, 0.25) is 0 Å². The molecule has 0 radical (unpaired) electrons. The van der Waals surface area contributed by atoms with Crippen molar-refractivity contribution < 1.29 is 9.13 Å². The summed E-state index contributed by atoms with van der Waals surface area (Å²) in [7, 11) is 0. The van der Waals surface area contributed by atoms with E-state index in [-0.39, 0.29) is 11.9 Å². The van der Waals surface area contributed by atoms with Gasteiger partial charge in [-0.05, 0) is 31.0 Å². The van der Waals surface area contributed by atoms with Crippen LogP contribution in [0.2, 0.25) is 0 Å². The van der Waals surface area contributed by atoms with E-state index in [9.17, 15) is 4.39 Å². The lowest BCUT2D eigenvalue weighted by molar-refractivity contribution is -0.00395. The fraction of sp³-hybridized carbons (Fsp3) is 0.500. The van der Waals surface area contributed by atoms with Crippen LogP contribution in [0.1, 0.15) is 23.7 Å². The molecule has 1 aromatic carbocycles. The fourth-order valence-electron chi connectivity index (χ4n) is 2.38. The van der Waals surface area contributed by atoms with E-state index >= 15 is 0 Å². The van der Waals surface area contributed by atoms with Gasteiger partial charge in [0.25, 0.3) is 0 Å². The lowest BCUT2D eigenvalue weighted by Gasteiger charge is -2.38. The van der Waals surface area contributed by atoms with Crippen LogP contribution in [0.3, 0.4) is 0 Å². The van der Waals surface area contributed by atoms with Crippen molar-refractivity contribution in [2.45, 2.75) is 25.0 Å². The summed E-state index contributed by atoms with van der Waals surface area (Å²) >= 11 is 0. The van der Waals surface area contributed by atoms with Gasteiger partial charge in [0.15, 0.2) is 0 Å². The zero-order chi connectivity index (χ0) is 10.3. The van der Waals surface area contributed by atoms with E-state index < -0.39 is 0 Å². The van der Waals surface area contributed by atoms with E-state index in [1.54, 1.807) is 6.07 Å². The Hall–Kier alpha value is -0.930. The summed E-state index contributed by atoms with van der Waals surface area (Å²) in [5.74, 6) is -0.120. The summed E-state index contributed by atoms with van der Waals surface area (Å²) in [6, 6.07) is 5.62. The van der Waals surface area contributed by atoms with Crippen LogP contribution in [0, 0.1) is 5.82 Å². The molecule has 0 aliphatic carbocycles. The molecular weight excluding hydrogens is 193 g/mol. The van der Waals surface area contributed by atoms with Crippen LogP contribution in [-0.4, -0.2) is 19.2 Å². The predicted molar refractivity (Wildman–Crippen MR) is 55.2 cm³/mol. The van der Waals surface area contributed by atoms with E-state index in [1.165, 1.54) is 6.07 Å². The van der Waals surface area contributed by atoms with Crippen molar-refractivity contribution >= 4 is 0 Å². The molecule has 0 spiro atoms. The molecule has 15 heavy (non-hydrogen) atoms. The Morgan fingerprint density at radius 2 is 2.27 bits per heavy atom. The Balaban J connectivity index is 2.00. The van der Waals surface area contributed by atoms with Gasteiger partial charge < -0.3 is 10.1 Å². The smallest absolute Gasteiger partial charge is 0.129 e. The number of rotatable bonds is 1. The summed E-state index contributed by atoms with van der Waals surface area (Å²) < 4.78 is 19.4. The van der Waals surface area contributed by atoms with E-state index in [1.807, 2.05) is 6.07 Å². The number of benzene rings is 1. The Kier molecular flexibility index (Phi) is 2.22. The summed E-state index contributed by atoms with van der Waals surface area (Å²) in [5, 5.41) is 3.29. The third-order valence-electron chi connectivity index (χ3n) is 3.32. The number of hydrogen-bond donors (Lipinski definition) is 1. The Bertz CT molecular complexity index is 376. The first-order valence-corrected chi connectivity index (χ1v) is 5.48. The molecule has 2 unspecified atom stereocenters. The standard InChI is InChI=1S/C12H14FNO/c13-9-3-1-2-8-5-7-15-12(11(8)9)10-4-6-14-10/h1-3,10,12,14H,4-7H2. The molecule has 0 aromatic heterocycles. The molecule has 2 heterocycles. The molecule has 3 rings (SSSR count). The van der Waals surface area contributed by atoms with Gasteiger partial charge in [-0.25, -0.2) is 4.39 Å². The molecule has 1 N–H and O–H groups in total. The zero-order valence-electron chi connectivity index (χ0n) is 8.50. The zero-order valence-corrected chi connectivity index (χ0v) is 8.50. The molecule has 80 valence electrons. The van der Waals surface area contributed by atoms with Crippen LogP contribution in [0.5, 0.6) is 0 Å². The minimum Gasteiger partial charge on any atom is -0.371 e. The lowest BCUT2D eigenvalue weighted by Crippen LogP contribution is -2.49. The van der Waals surface area contributed by atoms with E-state index in [0.717, 1.165) is 30.5 Å². The maximum absolute atomic E-state index is 13.7. The summed E-state index contributed by atoms with van der Waals surface area (Å²) in [5.41, 5.74) is 1.89. The molecule has 3 heteroatoms. The van der Waals surface area contributed by atoms with Crippen molar-refractivity contribution in [1.29, 1.82) is 0 Å². The van der Waals surface area contributed by atoms with Crippen molar-refractivity contribution in [2.75, 3.05) is 13.2 Å². The van der Waals surface area contributed by atoms with E-state index in [0.29, 0.717) is 12.6 Å². The third kappa shape index (κ3) is 1.46. The molecule has 2 nitrogen and oxygen atoms in total. The van der Waals surface area contributed by atoms with Gasteiger partial charge >= 0.3 is 0 Å². The van der Waals surface area contributed by atoms with Crippen molar-refractivity contribution in [2.24, 2.45) is 0 Å². The normalized spacial score (nSPS) is 29.4. The highest BCUT2D eigenvalue weighted by Gasteiger charge is 2.34. The van der Waals surface area contributed by atoms with Crippen LogP contribution in [0.4, 0.5) is 4.39 Å². The summed E-state index contributed by atoms with van der Waals surface area (Å²) in [4.78, 5) is 0. The SMILES string of the molecule is Fc1cccc2c1C(C1CCN1)OCC2. The number of nitrogens with one attached hydrogen (secondary N) is 1. The van der Waals surface area contributed by atoms with Crippen LogP contribution in [0.15, 0.2) is 18.2 Å². The fourth-order valence-corrected chi connectivity index (χ4v) is 2.38. The first-order chi connectivity index (χ1) is 7.36. The first-order valence-electron chi connectivity index (χ1n) is 5.48. The Labute approximate surface area is 88.4 Å². The summed E-state index contributed by atoms with van der Waals surface area (Å²) in [6.45, 7) is 1.73. The number of hydrogen-bond acceptors (Lipinski definition) is 2. The molecule has 2 aliphatic heterocycles. The van der Waals surface area contributed by atoms with Gasteiger partial charge in [0.1, 0.15) is 11.9 Å². The third-order valence-corrected chi connectivity index (χ3v) is 3.32. The van der Waals surface area contributed by atoms with E-state index in [2.05, 4.69) is 5.32 Å². The molecule has 1 fully saturated rings. The highest BCUT2D eigenvalue weighted by atomic mass is 19.1. The molecule has 2 aliphatic rings. The molecular formula is C12H14FNO. The molecule has 0 bridgehead atoms. The van der Waals surface area contributed by atoms with Gasteiger partial charge in [-0.3, -0.25) is 0 Å². The summed E-state index contributed by atoms with van der Waals surface area (Å²) in [6.07, 6.45) is 1.83. The molecule has 1 aromatic rings. The van der Waals surface area contributed by atoms with Crippen LogP contribution >= 0.6 is 0 Å². The Morgan fingerprint density at radius 1 is 1.40 bits per heavy atom. The predicted octanol–water partition coefficient (Wildman–Crippen LogP) is 1.80. The van der Waals surface area contributed by atoms with Gasteiger partial charge in [-0.2, -0.15) is 0 Å². The van der Waals surface area contributed by atoms with Gasteiger partial charge in [0.05, 0.1) is 6.61 Å². The van der Waals surface area contributed by atoms with Crippen LogP contribution < -0.4 is 5.32 Å². The van der Waals surface area contributed by atoms with E-state index in [4.69, 9.17) is 4.74 Å². The van der Waals surface area contributed by atoms with Crippen molar-refractivity contribution in [1.82, 2.24) is 5.32 Å².